The number of nitrogens with two attached hydrogens (primary N) is 1. The lowest BCUT2D eigenvalue weighted by molar-refractivity contribution is 0.0738. The van der Waals surface area contributed by atoms with Gasteiger partial charge in [0.1, 0.15) is 28.5 Å². The summed E-state index contributed by atoms with van der Waals surface area (Å²) in [6, 6.07) is 11.1. The number of carbonyl (C=O) groups is 1. The van der Waals surface area contributed by atoms with Crippen molar-refractivity contribution >= 4 is 44.8 Å². The Bertz CT molecular complexity index is 1290. The van der Waals surface area contributed by atoms with Crippen LogP contribution in [0.1, 0.15) is 20.8 Å². The maximum atomic E-state index is 13.4. The summed E-state index contributed by atoms with van der Waals surface area (Å²) >= 11 is 1.57. The van der Waals surface area contributed by atoms with Gasteiger partial charge in [0, 0.05) is 17.6 Å². The van der Waals surface area contributed by atoms with Gasteiger partial charge in [0.25, 0.3) is 5.91 Å². The number of thiophene rings is 1. The molecule has 156 valence electrons. The number of aromatic nitrogens is 3. The second-order valence-electron chi connectivity index (χ2n) is 7.14. The molecule has 5 rings (SSSR count). The molecule has 1 aliphatic heterocycles. The first-order valence-corrected chi connectivity index (χ1v) is 10.6. The topological polar surface area (TPSA) is 106 Å². The summed E-state index contributed by atoms with van der Waals surface area (Å²) in [6.07, 6.45) is 3.86. The average Bonchev–Trinajstić information content (AvgIpc) is 3.18. The highest BCUT2D eigenvalue weighted by molar-refractivity contribution is 7.19. The quantitative estimate of drug-likeness (QED) is 0.507. The number of carbonyl (C=O) groups excluding carboxylic acids is 1. The Morgan fingerprint density at radius 1 is 1.19 bits per heavy atom. The van der Waals surface area contributed by atoms with Gasteiger partial charge in [-0.3, -0.25) is 4.79 Å². The smallest absolute Gasteiger partial charge is 0.257 e. The van der Waals surface area contributed by atoms with E-state index in [1.165, 1.54) is 6.33 Å². The number of rotatable bonds is 4. The number of fused-ring (bicyclic) bond motifs is 3. The molecule has 1 amide bonds. The highest BCUT2D eigenvalue weighted by atomic mass is 32.1. The molecule has 0 saturated heterocycles. The predicted molar refractivity (Wildman–Crippen MR) is 121 cm³/mol. The van der Waals surface area contributed by atoms with Crippen LogP contribution in [-0.4, -0.2) is 39.4 Å². The van der Waals surface area contributed by atoms with E-state index < -0.39 is 0 Å². The molecule has 0 aliphatic carbocycles. The summed E-state index contributed by atoms with van der Waals surface area (Å²) in [5.74, 6) is 1.60. The highest BCUT2D eigenvalue weighted by Gasteiger charge is 2.28. The lowest BCUT2D eigenvalue weighted by Gasteiger charge is -2.27. The number of amides is 1. The van der Waals surface area contributed by atoms with Gasteiger partial charge < -0.3 is 20.7 Å². The Hall–Kier alpha value is -3.72. The van der Waals surface area contributed by atoms with Crippen molar-refractivity contribution in [1.82, 2.24) is 19.9 Å². The third-order valence-corrected chi connectivity index (χ3v) is 6.48. The van der Waals surface area contributed by atoms with E-state index in [0.717, 1.165) is 26.3 Å². The number of anilines is 3. The molecule has 0 spiro atoms. The number of methoxy groups -OCH3 is 1. The maximum Gasteiger partial charge on any atom is 0.257 e. The summed E-state index contributed by atoms with van der Waals surface area (Å²) in [4.78, 5) is 30.1. The van der Waals surface area contributed by atoms with Crippen LogP contribution in [0, 0.1) is 0 Å². The fraction of sp³-hybridized carbons (Fsp3) is 0.182. The van der Waals surface area contributed by atoms with Crippen molar-refractivity contribution in [2.24, 2.45) is 0 Å². The third-order valence-electron chi connectivity index (χ3n) is 5.35. The molecule has 1 aromatic carbocycles. The molecule has 0 bridgehead atoms. The largest absolute Gasteiger partial charge is 0.495 e. The van der Waals surface area contributed by atoms with Gasteiger partial charge >= 0.3 is 0 Å². The van der Waals surface area contributed by atoms with Gasteiger partial charge in [-0.05, 0) is 36.2 Å². The van der Waals surface area contributed by atoms with E-state index >= 15 is 0 Å². The van der Waals surface area contributed by atoms with Crippen molar-refractivity contribution < 1.29 is 9.53 Å². The molecule has 31 heavy (non-hydrogen) atoms. The molecule has 4 aromatic rings. The standard InChI is InChI=1S/C22H20N6O2S/c1-30-16-7-3-2-6-15(16)27-20-14(5-4-9-24-20)22(29)28-10-8-13-17(11-28)31-21-18(13)19(23)25-12-26-21/h2-7,9,12H,8,10-11H2,1H3,(H,24,27)(H2,23,25,26). The Balaban J connectivity index is 1.44. The lowest BCUT2D eigenvalue weighted by Crippen LogP contribution is -2.35. The molecular weight excluding hydrogens is 412 g/mol. The van der Waals surface area contributed by atoms with Crippen molar-refractivity contribution in [3.05, 3.63) is 64.9 Å². The van der Waals surface area contributed by atoms with Crippen LogP contribution < -0.4 is 15.8 Å². The van der Waals surface area contributed by atoms with Gasteiger partial charge in [0.2, 0.25) is 0 Å². The molecule has 0 saturated carbocycles. The van der Waals surface area contributed by atoms with E-state index in [-0.39, 0.29) is 5.91 Å². The number of hydrogen-bond acceptors (Lipinski definition) is 8. The number of hydrogen-bond donors (Lipinski definition) is 2. The van der Waals surface area contributed by atoms with Gasteiger partial charge in [-0.2, -0.15) is 0 Å². The highest BCUT2D eigenvalue weighted by Crippen LogP contribution is 2.37. The van der Waals surface area contributed by atoms with E-state index in [4.69, 9.17) is 10.5 Å². The normalized spacial score (nSPS) is 13.1. The minimum absolute atomic E-state index is 0.0762. The Labute approximate surface area is 182 Å². The number of nitrogen functional groups attached to an aromatic ring is 1. The Morgan fingerprint density at radius 2 is 2.06 bits per heavy atom. The van der Waals surface area contributed by atoms with Crippen LogP contribution in [0.4, 0.5) is 17.3 Å². The van der Waals surface area contributed by atoms with Crippen LogP contribution >= 0.6 is 11.3 Å². The monoisotopic (exact) mass is 432 g/mol. The first-order valence-electron chi connectivity index (χ1n) is 9.80. The minimum Gasteiger partial charge on any atom is -0.495 e. The molecule has 3 aromatic heterocycles. The molecule has 8 nitrogen and oxygen atoms in total. The zero-order valence-corrected chi connectivity index (χ0v) is 17.6. The van der Waals surface area contributed by atoms with Crippen LogP contribution in [-0.2, 0) is 13.0 Å². The fourth-order valence-electron chi connectivity index (χ4n) is 3.85. The van der Waals surface area contributed by atoms with E-state index in [1.54, 1.807) is 36.8 Å². The molecule has 4 heterocycles. The summed E-state index contributed by atoms with van der Waals surface area (Å²) in [6.45, 7) is 1.10. The van der Waals surface area contributed by atoms with E-state index in [9.17, 15) is 4.79 Å². The van der Waals surface area contributed by atoms with E-state index in [0.29, 0.717) is 42.5 Å². The zero-order valence-electron chi connectivity index (χ0n) is 16.8. The summed E-state index contributed by atoms with van der Waals surface area (Å²) in [5.41, 5.74) is 8.49. The molecule has 1 aliphatic rings. The van der Waals surface area contributed by atoms with Crippen molar-refractivity contribution in [3.8, 4) is 5.75 Å². The average molecular weight is 433 g/mol. The summed E-state index contributed by atoms with van der Waals surface area (Å²) in [7, 11) is 1.61. The van der Waals surface area contributed by atoms with Gasteiger partial charge in [-0.15, -0.1) is 11.3 Å². The second-order valence-corrected chi connectivity index (χ2v) is 8.23. The van der Waals surface area contributed by atoms with Crippen molar-refractivity contribution in [2.75, 3.05) is 24.7 Å². The minimum atomic E-state index is -0.0762. The molecule has 0 radical (unpaired) electrons. The van der Waals surface area contributed by atoms with Gasteiger partial charge in [0.05, 0.1) is 30.3 Å². The van der Waals surface area contributed by atoms with Gasteiger partial charge in [0.15, 0.2) is 0 Å². The molecule has 0 unspecified atom stereocenters. The Kier molecular flexibility index (Phi) is 4.87. The van der Waals surface area contributed by atoms with Gasteiger partial charge in [-0.1, -0.05) is 12.1 Å². The van der Waals surface area contributed by atoms with Crippen molar-refractivity contribution in [3.63, 3.8) is 0 Å². The number of nitrogens with zero attached hydrogens (tertiary/aromatic N) is 4. The molecule has 3 N–H and O–H groups in total. The van der Waals surface area contributed by atoms with Crippen LogP contribution in [0.5, 0.6) is 5.75 Å². The van der Waals surface area contributed by atoms with E-state index in [2.05, 4.69) is 20.3 Å². The zero-order chi connectivity index (χ0) is 21.4. The van der Waals surface area contributed by atoms with Crippen LogP contribution in [0.25, 0.3) is 10.2 Å². The maximum absolute atomic E-state index is 13.4. The van der Waals surface area contributed by atoms with Crippen molar-refractivity contribution in [1.29, 1.82) is 0 Å². The van der Waals surface area contributed by atoms with Gasteiger partial charge in [-0.25, -0.2) is 15.0 Å². The summed E-state index contributed by atoms with van der Waals surface area (Å²) < 4.78 is 5.41. The lowest BCUT2D eigenvalue weighted by atomic mass is 10.0. The number of pyridine rings is 1. The molecule has 0 atom stereocenters. The number of benzene rings is 1. The summed E-state index contributed by atoms with van der Waals surface area (Å²) in [5, 5.41) is 4.17. The number of ether oxygens (including phenoxy) is 1. The van der Waals surface area contributed by atoms with E-state index in [1.807, 2.05) is 29.2 Å². The van der Waals surface area contributed by atoms with Crippen LogP contribution in [0.15, 0.2) is 48.9 Å². The third kappa shape index (κ3) is 3.42. The first-order chi connectivity index (χ1) is 15.2. The fourth-order valence-corrected chi connectivity index (χ4v) is 5.06. The predicted octanol–water partition coefficient (Wildman–Crippen LogP) is 3.62. The molecular formula is C22H20N6O2S. The second kappa shape index (κ2) is 7.84. The number of para-hydroxylation sites is 2. The first kappa shape index (κ1) is 19.3. The Morgan fingerprint density at radius 3 is 2.94 bits per heavy atom. The SMILES string of the molecule is COc1ccccc1Nc1ncccc1C(=O)N1CCc2c(sc3ncnc(N)c23)C1. The number of nitrogens with one attached hydrogen (secondary N) is 1. The molecule has 0 fully saturated rings. The van der Waals surface area contributed by atoms with Crippen molar-refractivity contribution in [2.45, 2.75) is 13.0 Å². The molecule has 9 heteroatoms. The van der Waals surface area contributed by atoms with Crippen LogP contribution in [0.3, 0.4) is 0 Å². The van der Waals surface area contributed by atoms with Crippen LogP contribution in [0.2, 0.25) is 0 Å².